The molecule has 0 aromatic heterocycles. The van der Waals surface area contributed by atoms with E-state index in [1.54, 1.807) is 6.08 Å². The minimum atomic E-state index is -1.31. The second-order valence-corrected chi connectivity index (χ2v) is 5.78. The Morgan fingerprint density at radius 2 is 1.96 bits per heavy atom. The van der Waals surface area contributed by atoms with Crippen LogP contribution in [0, 0.1) is 5.92 Å². The Hall–Kier alpha value is -2.46. The molecular formula is C19H20O4. The number of hydrogen-bond donors (Lipinski definition) is 2. The molecule has 0 saturated heterocycles. The fraction of sp³-hybridized carbons (Fsp3) is 0.263. The van der Waals surface area contributed by atoms with Gasteiger partial charge in [0.15, 0.2) is 11.6 Å². The van der Waals surface area contributed by atoms with Gasteiger partial charge >= 0.3 is 0 Å². The molecule has 1 aromatic carbocycles. The Kier molecular flexibility index (Phi) is 5.29. The first-order valence-corrected chi connectivity index (χ1v) is 7.49. The second kappa shape index (κ2) is 7.20. The molecule has 23 heavy (non-hydrogen) atoms. The van der Waals surface area contributed by atoms with Gasteiger partial charge in [-0.15, -0.1) is 6.58 Å². The highest BCUT2D eigenvalue weighted by Gasteiger charge is 2.43. The van der Waals surface area contributed by atoms with Crippen molar-refractivity contribution >= 4 is 17.6 Å². The second-order valence-electron chi connectivity index (χ2n) is 5.78. The minimum absolute atomic E-state index is 0.309. The van der Waals surface area contributed by atoms with E-state index in [0.29, 0.717) is 12.8 Å². The summed E-state index contributed by atoms with van der Waals surface area (Å²) in [5, 5.41) is 20.0. The minimum Gasteiger partial charge on any atom is -0.509 e. The van der Waals surface area contributed by atoms with E-state index in [1.807, 2.05) is 37.3 Å². The van der Waals surface area contributed by atoms with E-state index in [4.69, 9.17) is 0 Å². The van der Waals surface area contributed by atoms with Crippen LogP contribution >= 0.6 is 0 Å². The molecular weight excluding hydrogens is 292 g/mol. The molecule has 2 unspecified atom stereocenters. The van der Waals surface area contributed by atoms with Gasteiger partial charge < -0.3 is 10.2 Å². The highest BCUT2D eigenvalue weighted by Crippen LogP contribution is 2.32. The summed E-state index contributed by atoms with van der Waals surface area (Å²) in [6, 6.07) is 9.16. The lowest BCUT2D eigenvalue weighted by Gasteiger charge is -2.13. The van der Waals surface area contributed by atoms with Crippen molar-refractivity contribution in [3.63, 3.8) is 0 Å². The van der Waals surface area contributed by atoms with Crippen molar-refractivity contribution in [1.29, 1.82) is 0 Å². The third kappa shape index (κ3) is 3.85. The Morgan fingerprint density at radius 1 is 1.30 bits per heavy atom. The lowest BCUT2D eigenvalue weighted by Crippen LogP contribution is -2.23. The average molecular weight is 312 g/mol. The molecule has 0 bridgehead atoms. The molecule has 2 N–H and O–H groups in total. The van der Waals surface area contributed by atoms with E-state index < -0.39 is 29.3 Å². The van der Waals surface area contributed by atoms with Crippen molar-refractivity contribution in [1.82, 2.24) is 0 Å². The lowest BCUT2D eigenvalue weighted by atomic mass is 9.93. The fourth-order valence-electron chi connectivity index (χ4n) is 2.55. The van der Waals surface area contributed by atoms with Crippen LogP contribution in [0.5, 0.6) is 0 Å². The van der Waals surface area contributed by atoms with Crippen LogP contribution in [0.3, 0.4) is 0 Å². The van der Waals surface area contributed by atoms with Gasteiger partial charge in [0.25, 0.3) is 0 Å². The molecule has 1 aliphatic rings. The van der Waals surface area contributed by atoms with Gasteiger partial charge in [-0.2, -0.15) is 0 Å². The zero-order valence-electron chi connectivity index (χ0n) is 13.0. The summed E-state index contributed by atoms with van der Waals surface area (Å²) < 4.78 is 0. The van der Waals surface area contributed by atoms with Crippen LogP contribution in [0.4, 0.5) is 0 Å². The van der Waals surface area contributed by atoms with Crippen LogP contribution in [-0.4, -0.2) is 27.9 Å². The molecule has 1 aliphatic carbocycles. The number of benzene rings is 1. The molecule has 0 spiro atoms. The molecule has 0 heterocycles. The molecule has 0 aliphatic heterocycles. The first kappa shape index (κ1) is 16.9. The summed E-state index contributed by atoms with van der Waals surface area (Å²) in [6.45, 7) is 5.58. The smallest absolute Gasteiger partial charge is 0.192 e. The van der Waals surface area contributed by atoms with Crippen LogP contribution in [-0.2, 0) is 9.59 Å². The summed E-state index contributed by atoms with van der Waals surface area (Å²) in [5.74, 6) is -2.40. The zero-order chi connectivity index (χ0) is 17.0. The van der Waals surface area contributed by atoms with Gasteiger partial charge in [-0.25, -0.2) is 0 Å². The van der Waals surface area contributed by atoms with Crippen molar-refractivity contribution in [2.75, 3.05) is 0 Å². The Balaban J connectivity index is 2.15. The number of hydrogen-bond acceptors (Lipinski definition) is 4. The molecule has 1 aromatic rings. The number of aliphatic hydroxyl groups excluding tert-OH is 2. The number of aliphatic hydroxyl groups is 2. The molecule has 0 radical (unpaired) electrons. The maximum absolute atomic E-state index is 12.3. The molecule has 0 saturated carbocycles. The summed E-state index contributed by atoms with van der Waals surface area (Å²) in [5.41, 5.74) is 1.38. The van der Waals surface area contributed by atoms with Crippen LogP contribution in [0.2, 0.25) is 0 Å². The van der Waals surface area contributed by atoms with Gasteiger partial charge in [0.2, 0.25) is 0 Å². The molecule has 120 valence electrons. The number of Topliss-reactive ketones (excluding diaryl/α,β-unsaturated/α-hetero) is 1. The molecule has 0 fully saturated rings. The van der Waals surface area contributed by atoms with Crippen LogP contribution < -0.4 is 0 Å². The van der Waals surface area contributed by atoms with E-state index in [2.05, 4.69) is 6.58 Å². The third-order valence-corrected chi connectivity index (χ3v) is 3.86. The van der Waals surface area contributed by atoms with Crippen LogP contribution in [0.1, 0.15) is 25.3 Å². The number of allylic oxidation sites excluding steroid dienone is 3. The normalized spacial score (nSPS) is 21.2. The van der Waals surface area contributed by atoms with Gasteiger partial charge in [0, 0.05) is 0 Å². The van der Waals surface area contributed by atoms with Crippen molar-refractivity contribution in [3.05, 3.63) is 65.5 Å². The maximum Gasteiger partial charge on any atom is 0.192 e. The molecule has 2 rings (SSSR count). The van der Waals surface area contributed by atoms with Crippen molar-refractivity contribution in [3.8, 4) is 0 Å². The third-order valence-electron chi connectivity index (χ3n) is 3.86. The van der Waals surface area contributed by atoms with Gasteiger partial charge in [-0.1, -0.05) is 42.0 Å². The summed E-state index contributed by atoms with van der Waals surface area (Å²) in [7, 11) is 0. The van der Waals surface area contributed by atoms with E-state index in [1.165, 1.54) is 6.08 Å². The zero-order valence-corrected chi connectivity index (χ0v) is 13.0. The lowest BCUT2D eigenvalue weighted by molar-refractivity contribution is -0.122. The highest BCUT2D eigenvalue weighted by molar-refractivity contribution is 6.27. The summed E-state index contributed by atoms with van der Waals surface area (Å²) in [4.78, 5) is 24.5. The summed E-state index contributed by atoms with van der Waals surface area (Å²) >= 11 is 0. The Morgan fingerprint density at radius 3 is 2.57 bits per heavy atom. The number of ketones is 2. The topological polar surface area (TPSA) is 74.6 Å². The number of rotatable bonds is 6. The predicted molar refractivity (Wildman–Crippen MR) is 88.7 cm³/mol. The molecule has 4 heteroatoms. The summed E-state index contributed by atoms with van der Waals surface area (Å²) in [6.07, 6.45) is 2.42. The number of carbonyl (C=O) groups excluding carboxylic acids is 2. The SMILES string of the molecule is C=C(C)CCC1C(=O)C(C(=O)C=Cc2ccccc2)=C(O)C1O. The van der Waals surface area contributed by atoms with E-state index in [0.717, 1.165) is 11.1 Å². The molecule has 4 nitrogen and oxygen atoms in total. The highest BCUT2D eigenvalue weighted by atomic mass is 16.3. The maximum atomic E-state index is 12.3. The number of carbonyl (C=O) groups is 2. The van der Waals surface area contributed by atoms with Crippen LogP contribution in [0.15, 0.2) is 59.9 Å². The molecule has 0 amide bonds. The average Bonchev–Trinajstić information content (AvgIpc) is 2.74. The van der Waals surface area contributed by atoms with Gasteiger partial charge in [-0.05, 0) is 31.4 Å². The van der Waals surface area contributed by atoms with Gasteiger partial charge in [-0.3, -0.25) is 9.59 Å². The van der Waals surface area contributed by atoms with Crippen molar-refractivity contribution in [2.45, 2.75) is 25.9 Å². The monoisotopic (exact) mass is 312 g/mol. The quantitative estimate of drug-likeness (QED) is 0.481. The van der Waals surface area contributed by atoms with E-state index >= 15 is 0 Å². The standard InChI is InChI=1S/C19H20O4/c1-12(2)8-10-14-17(21)16(19(23)18(14)22)15(20)11-9-13-6-4-3-5-7-13/h3-7,9,11,14,18,22-23H,1,8,10H2,2H3. The molecule has 2 atom stereocenters. The van der Waals surface area contributed by atoms with Gasteiger partial charge in [0.1, 0.15) is 17.4 Å². The Labute approximate surface area is 135 Å². The predicted octanol–water partition coefficient (Wildman–Crippen LogP) is 3.00. The van der Waals surface area contributed by atoms with E-state index in [9.17, 15) is 19.8 Å². The Bertz CT molecular complexity index is 683. The van der Waals surface area contributed by atoms with E-state index in [-0.39, 0.29) is 5.57 Å². The van der Waals surface area contributed by atoms with Gasteiger partial charge in [0.05, 0.1) is 5.92 Å². The first-order chi connectivity index (χ1) is 10.9. The fourth-order valence-corrected chi connectivity index (χ4v) is 2.55. The van der Waals surface area contributed by atoms with Crippen molar-refractivity contribution < 1.29 is 19.8 Å². The van der Waals surface area contributed by atoms with Crippen molar-refractivity contribution in [2.24, 2.45) is 5.92 Å². The van der Waals surface area contributed by atoms with Crippen LogP contribution in [0.25, 0.3) is 6.08 Å². The largest absolute Gasteiger partial charge is 0.509 e. The first-order valence-electron chi connectivity index (χ1n) is 7.49.